The van der Waals surface area contributed by atoms with Crippen molar-refractivity contribution in [3.63, 3.8) is 0 Å². The van der Waals surface area contributed by atoms with Gasteiger partial charge in [-0.1, -0.05) is 12.8 Å². The lowest BCUT2D eigenvalue weighted by molar-refractivity contribution is -0.143. The normalized spacial score (nSPS) is 25.8. The number of amides is 2. The summed E-state index contributed by atoms with van der Waals surface area (Å²) in [6, 6.07) is 0.00411. The van der Waals surface area contributed by atoms with E-state index in [4.69, 9.17) is 5.11 Å². The Bertz CT molecular complexity index is 408. The van der Waals surface area contributed by atoms with E-state index >= 15 is 0 Å². The average Bonchev–Trinajstić information content (AvgIpc) is 2.39. The van der Waals surface area contributed by atoms with Crippen molar-refractivity contribution in [3.05, 3.63) is 0 Å². The maximum atomic E-state index is 12.3. The average molecular weight is 294 g/mol. The largest absolute Gasteiger partial charge is 0.481 e. The summed E-state index contributed by atoms with van der Waals surface area (Å²) in [7, 11) is 0. The minimum absolute atomic E-state index is 0.00411. The second-order valence-corrected chi connectivity index (χ2v) is 7.10. The third kappa shape index (κ3) is 2.87. The van der Waals surface area contributed by atoms with E-state index in [0.29, 0.717) is 31.3 Å². The van der Waals surface area contributed by atoms with Gasteiger partial charge in [0, 0.05) is 19.6 Å². The Hall–Kier alpha value is -1.26. The molecule has 2 amide bonds. The molecule has 5 nitrogen and oxygen atoms in total. The van der Waals surface area contributed by atoms with Crippen LogP contribution in [0, 0.1) is 17.3 Å². The fourth-order valence-electron chi connectivity index (χ4n) is 4.07. The van der Waals surface area contributed by atoms with Crippen LogP contribution < -0.4 is 5.32 Å². The van der Waals surface area contributed by atoms with E-state index in [1.165, 1.54) is 38.5 Å². The van der Waals surface area contributed by atoms with Gasteiger partial charge in [-0.05, 0) is 49.9 Å². The van der Waals surface area contributed by atoms with Crippen molar-refractivity contribution in [2.24, 2.45) is 17.3 Å². The molecule has 0 radical (unpaired) electrons. The van der Waals surface area contributed by atoms with Crippen LogP contribution >= 0.6 is 0 Å². The van der Waals surface area contributed by atoms with Gasteiger partial charge in [0.15, 0.2) is 0 Å². The highest BCUT2D eigenvalue weighted by Crippen LogP contribution is 2.53. The summed E-state index contributed by atoms with van der Waals surface area (Å²) in [5.41, 5.74) is 0.382. The number of carbonyl (C=O) groups excluding carboxylic acids is 1. The number of likely N-dealkylation sites (tertiary alicyclic amines) is 1. The molecule has 21 heavy (non-hydrogen) atoms. The van der Waals surface area contributed by atoms with E-state index in [2.05, 4.69) is 5.32 Å². The molecule has 0 aromatic heterocycles. The highest BCUT2D eigenvalue weighted by molar-refractivity contribution is 5.75. The van der Waals surface area contributed by atoms with E-state index in [1.807, 2.05) is 0 Å². The van der Waals surface area contributed by atoms with Crippen molar-refractivity contribution in [2.75, 3.05) is 19.6 Å². The van der Waals surface area contributed by atoms with Gasteiger partial charge in [0.05, 0.1) is 5.92 Å². The first-order valence-electron chi connectivity index (χ1n) is 8.36. The van der Waals surface area contributed by atoms with Gasteiger partial charge in [-0.25, -0.2) is 4.79 Å². The zero-order chi connectivity index (χ0) is 14.9. The summed E-state index contributed by atoms with van der Waals surface area (Å²) >= 11 is 0. The third-order valence-corrected chi connectivity index (χ3v) is 6.04. The molecule has 1 aliphatic heterocycles. The fourth-order valence-corrected chi connectivity index (χ4v) is 4.07. The Morgan fingerprint density at radius 1 is 1.10 bits per heavy atom. The number of aliphatic carboxylic acids is 1. The van der Waals surface area contributed by atoms with Crippen molar-refractivity contribution in [2.45, 2.75) is 51.4 Å². The summed E-state index contributed by atoms with van der Waals surface area (Å²) in [5.74, 6) is -0.181. The molecule has 0 aromatic carbocycles. The lowest BCUT2D eigenvalue weighted by Gasteiger charge is -2.52. The first-order chi connectivity index (χ1) is 10.1. The maximum absolute atomic E-state index is 12.3. The number of nitrogens with one attached hydrogen (secondary N) is 1. The molecule has 5 heteroatoms. The van der Waals surface area contributed by atoms with Gasteiger partial charge >= 0.3 is 12.0 Å². The van der Waals surface area contributed by atoms with E-state index in [9.17, 15) is 9.59 Å². The number of rotatable bonds is 4. The van der Waals surface area contributed by atoms with Crippen LogP contribution in [0.4, 0.5) is 4.79 Å². The van der Waals surface area contributed by atoms with Crippen molar-refractivity contribution >= 4 is 12.0 Å². The number of carboxylic acids is 1. The van der Waals surface area contributed by atoms with Crippen molar-refractivity contribution in [1.29, 1.82) is 0 Å². The predicted molar refractivity (Wildman–Crippen MR) is 79.0 cm³/mol. The fraction of sp³-hybridized carbons (Fsp3) is 0.875. The van der Waals surface area contributed by atoms with Crippen LogP contribution in [0.25, 0.3) is 0 Å². The Kier molecular flexibility index (Phi) is 4.09. The van der Waals surface area contributed by atoms with Gasteiger partial charge in [0.2, 0.25) is 0 Å². The topological polar surface area (TPSA) is 69.6 Å². The summed E-state index contributed by atoms with van der Waals surface area (Å²) in [6.07, 6.45) is 9.00. The SMILES string of the molecule is O=C(O)C1CCN(C(=O)NCC2(C3CCC3)CCC2)CC1. The number of piperidine rings is 1. The first kappa shape index (κ1) is 14.7. The third-order valence-electron chi connectivity index (χ3n) is 6.04. The van der Waals surface area contributed by atoms with Crippen LogP contribution in [0.15, 0.2) is 0 Å². The molecule has 0 spiro atoms. The van der Waals surface area contributed by atoms with Gasteiger partial charge in [-0.15, -0.1) is 0 Å². The quantitative estimate of drug-likeness (QED) is 0.837. The smallest absolute Gasteiger partial charge is 0.317 e. The van der Waals surface area contributed by atoms with Crippen molar-refractivity contribution < 1.29 is 14.7 Å². The first-order valence-corrected chi connectivity index (χ1v) is 8.36. The van der Waals surface area contributed by atoms with Gasteiger partial charge in [-0.2, -0.15) is 0 Å². The molecular weight excluding hydrogens is 268 g/mol. The second kappa shape index (κ2) is 5.85. The highest BCUT2D eigenvalue weighted by Gasteiger charge is 2.46. The molecule has 118 valence electrons. The standard InChI is InChI=1S/C16H26N2O3/c19-14(20)12-5-9-18(10-6-12)15(21)17-11-16(7-2-8-16)13-3-1-4-13/h12-13H,1-11H2,(H,17,21)(H,19,20). The van der Waals surface area contributed by atoms with Gasteiger partial charge in [-0.3, -0.25) is 4.79 Å². The summed E-state index contributed by atoms with van der Waals surface area (Å²) in [6.45, 7) is 1.95. The number of nitrogens with zero attached hydrogens (tertiary/aromatic N) is 1. The van der Waals surface area contributed by atoms with Crippen LogP contribution in [0.1, 0.15) is 51.4 Å². The van der Waals surface area contributed by atoms with Crippen LogP contribution in [-0.2, 0) is 4.79 Å². The van der Waals surface area contributed by atoms with Crippen LogP contribution in [0.5, 0.6) is 0 Å². The van der Waals surface area contributed by atoms with E-state index in [0.717, 1.165) is 12.5 Å². The van der Waals surface area contributed by atoms with Crippen LogP contribution in [0.3, 0.4) is 0 Å². The molecule has 0 atom stereocenters. The van der Waals surface area contributed by atoms with E-state index in [1.54, 1.807) is 4.90 Å². The molecule has 1 heterocycles. The monoisotopic (exact) mass is 294 g/mol. The summed E-state index contributed by atoms with van der Waals surface area (Å²) in [4.78, 5) is 25.0. The van der Waals surface area contributed by atoms with Crippen molar-refractivity contribution in [1.82, 2.24) is 10.2 Å². The van der Waals surface area contributed by atoms with Gasteiger partial charge in [0.1, 0.15) is 0 Å². The molecule has 2 saturated carbocycles. The van der Waals surface area contributed by atoms with E-state index in [-0.39, 0.29) is 11.9 Å². The van der Waals surface area contributed by atoms with Gasteiger partial charge < -0.3 is 15.3 Å². The lowest BCUT2D eigenvalue weighted by atomic mass is 9.55. The molecule has 3 rings (SSSR count). The number of hydrogen-bond acceptors (Lipinski definition) is 2. The zero-order valence-corrected chi connectivity index (χ0v) is 12.6. The maximum Gasteiger partial charge on any atom is 0.317 e. The van der Waals surface area contributed by atoms with Crippen LogP contribution in [-0.4, -0.2) is 41.6 Å². The van der Waals surface area contributed by atoms with E-state index < -0.39 is 5.97 Å². The molecule has 3 fully saturated rings. The molecule has 1 saturated heterocycles. The predicted octanol–water partition coefficient (Wildman–Crippen LogP) is 2.46. The Morgan fingerprint density at radius 2 is 1.76 bits per heavy atom. The van der Waals surface area contributed by atoms with Crippen LogP contribution in [0.2, 0.25) is 0 Å². The molecule has 3 aliphatic rings. The Balaban J connectivity index is 1.45. The molecule has 2 aliphatic carbocycles. The Morgan fingerprint density at radius 3 is 2.19 bits per heavy atom. The second-order valence-electron chi connectivity index (χ2n) is 7.10. The molecular formula is C16H26N2O3. The molecule has 2 N–H and O–H groups in total. The Labute approximate surface area is 126 Å². The molecule has 0 bridgehead atoms. The lowest BCUT2D eigenvalue weighted by Crippen LogP contribution is -2.52. The molecule has 0 unspecified atom stereocenters. The summed E-state index contributed by atoms with van der Waals surface area (Å²) < 4.78 is 0. The van der Waals surface area contributed by atoms with Crippen molar-refractivity contribution in [3.8, 4) is 0 Å². The minimum atomic E-state index is -0.728. The van der Waals surface area contributed by atoms with Gasteiger partial charge in [0.25, 0.3) is 0 Å². The minimum Gasteiger partial charge on any atom is -0.481 e. The number of hydrogen-bond donors (Lipinski definition) is 2. The zero-order valence-electron chi connectivity index (χ0n) is 12.6. The molecule has 0 aromatic rings. The number of urea groups is 1. The number of carboxylic acid groups (broad SMARTS) is 1. The number of carbonyl (C=O) groups is 2. The highest BCUT2D eigenvalue weighted by atomic mass is 16.4. The summed E-state index contributed by atoms with van der Waals surface area (Å²) in [5, 5.41) is 12.1.